The molecule has 1 atom stereocenters. The highest BCUT2D eigenvalue weighted by Crippen LogP contribution is 2.24. The second-order valence-corrected chi connectivity index (χ2v) is 5.13. The van der Waals surface area contributed by atoms with Gasteiger partial charge in [-0.1, -0.05) is 43.2 Å². The Hall–Kier alpha value is -0.860. The maximum atomic E-state index is 3.43. The van der Waals surface area contributed by atoms with Crippen LogP contribution in [-0.4, -0.2) is 31.6 Å². The van der Waals surface area contributed by atoms with Gasteiger partial charge in [0.15, 0.2) is 0 Å². The van der Waals surface area contributed by atoms with Gasteiger partial charge in [0.1, 0.15) is 0 Å². The van der Waals surface area contributed by atoms with Crippen LogP contribution in [0.5, 0.6) is 0 Å². The van der Waals surface area contributed by atoms with E-state index in [1.165, 1.54) is 31.2 Å². The van der Waals surface area contributed by atoms with Crippen LogP contribution in [-0.2, 0) is 0 Å². The molecule has 0 aliphatic heterocycles. The van der Waals surface area contributed by atoms with Crippen LogP contribution in [0, 0.1) is 0 Å². The van der Waals surface area contributed by atoms with Crippen molar-refractivity contribution in [2.75, 3.05) is 20.6 Å². The molecule has 0 bridgehead atoms. The van der Waals surface area contributed by atoms with Crippen molar-refractivity contribution in [1.29, 1.82) is 0 Å². The molecule has 1 saturated carbocycles. The number of benzene rings is 1. The van der Waals surface area contributed by atoms with Crippen LogP contribution >= 0.6 is 0 Å². The van der Waals surface area contributed by atoms with Gasteiger partial charge in [0, 0.05) is 18.6 Å². The van der Waals surface area contributed by atoms with Crippen molar-refractivity contribution >= 4 is 0 Å². The Kier molecular flexibility index (Phi) is 4.57. The number of rotatable bonds is 5. The second-order valence-electron chi connectivity index (χ2n) is 5.13. The van der Waals surface area contributed by atoms with E-state index in [2.05, 4.69) is 54.6 Å². The maximum Gasteiger partial charge on any atom is 0.0446 e. The second kappa shape index (κ2) is 6.18. The highest BCUT2D eigenvalue weighted by Gasteiger charge is 2.21. The number of nitrogens with one attached hydrogen (secondary N) is 1. The van der Waals surface area contributed by atoms with Crippen molar-refractivity contribution in [2.24, 2.45) is 0 Å². The van der Waals surface area contributed by atoms with Gasteiger partial charge in [0.25, 0.3) is 0 Å². The van der Waals surface area contributed by atoms with E-state index in [0.717, 1.165) is 12.6 Å². The van der Waals surface area contributed by atoms with Gasteiger partial charge in [-0.15, -0.1) is 0 Å². The summed E-state index contributed by atoms with van der Waals surface area (Å²) in [7, 11) is 4.32. The zero-order chi connectivity index (χ0) is 12.1. The Labute approximate surface area is 105 Å². The molecule has 1 fully saturated rings. The summed E-state index contributed by atoms with van der Waals surface area (Å²) in [5.41, 5.74) is 1.39. The molecule has 1 N–H and O–H groups in total. The normalized spacial score (nSPS) is 18.8. The van der Waals surface area contributed by atoms with Crippen LogP contribution in [0.3, 0.4) is 0 Å². The van der Waals surface area contributed by atoms with Gasteiger partial charge in [0.05, 0.1) is 0 Å². The summed E-state index contributed by atoms with van der Waals surface area (Å²) in [6.07, 6.45) is 5.57. The highest BCUT2D eigenvalue weighted by molar-refractivity contribution is 5.19. The summed E-state index contributed by atoms with van der Waals surface area (Å²) < 4.78 is 0. The van der Waals surface area contributed by atoms with Crippen LogP contribution in [0.4, 0.5) is 0 Å². The molecule has 0 amide bonds. The Morgan fingerprint density at radius 2 is 1.88 bits per heavy atom. The van der Waals surface area contributed by atoms with E-state index >= 15 is 0 Å². The molecule has 2 rings (SSSR count). The third-order valence-corrected chi connectivity index (χ3v) is 3.97. The van der Waals surface area contributed by atoms with E-state index < -0.39 is 0 Å². The molecule has 2 nitrogen and oxygen atoms in total. The van der Waals surface area contributed by atoms with Crippen LogP contribution in [0.2, 0.25) is 0 Å². The third kappa shape index (κ3) is 3.30. The summed E-state index contributed by atoms with van der Waals surface area (Å²) in [4.78, 5) is 2.53. The number of nitrogens with zero attached hydrogens (tertiary/aromatic N) is 1. The predicted molar refractivity (Wildman–Crippen MR) is 73.1 cm³/mol. The molecule has 0 aromatic heterocycles. The molecule has 94 valence electrons. The molecular formula is C15H24N2. The lowest BCUT2D eigenvalue weighted by atomic mass is 10.1. The first kappa shape index (κ1) is 12.6. The summed E-state index contributed by atoms with van der Waals surface area (Å²) >= 11 is 0. The lowest BCUT2D eigenvalue weighted by molar-refractivity contribution is 0.222. The molecule has 0 saturated heterocycles. The molecule has 0 heterocycles. The summed E-state index contributed by atoms with van der Waals surface area (Å²) in [5.74, 6) is 0. The quantitative estimate of drug-likeness (QED) is 0.840. The average Bonchev–Trinajstić information content (AvgIpc) is 2.90. The van der Waals surface area contributed by atoms with E-state index in [4.69, 9.17) is 0 Å². The third-order valence-electron chi connectivity index (χ3n) is 3.97. The van der Waals surface area contributed by atoms with Crippen molar-refractivity contribution in [2.45, 2.75) is 37.8 Å². The monoisotopic (exact) mass is 232 g/mol. The van der Waals surface area contributed by atoms with Gasteiger partial charge in [-0.2, -0.15) is 0 Å². The largest absolute Gasteiger partial charge is 0.312 e. The number of hydrogen-bond donors (Lipinski definition) is 1. The zero-order valence-corrected chi connectivity index (χ0v) is 11.0. The van der Waals surface area contributed by atoms with E-state index in [-0.39, 0.29) is 0 Å². The average molecular weight is 232 g/mol. The predicted octanol–water partition coefficient (Wildman–Crippen LogP) is 2.82. The fourth-order valence-corrected chi connectivity index (χ4v) is 2.83. The molecule has 0 radical (unpaired) electrons. The fourth-order valence-electron chi connectivity index (χ4n) is 2.83. The molecule has 1 aliphatic rings. The van der Waals surface area contributed by atoms with Crippen molar-refractivity contribution in [1.82, 2.24) is 10.2 Å². The van der Waals surface area contributed by atoms with E-state index in [9.17, 15) is 0 Å². The number of likely N-dealkylation sites (N-methyl/N-ethyl adjacent to an activating group) is 2. The van der Waals surface area contributed by atoms with Gasteiger partial charge in [-0.25, -0.2) is 0 Å². The molecule has 1 aliphatic carbocycles. The minimum absolute atomic E-state index is 0.446. The van der Waals surface area contributed by atoms with Gasteiger partial charge in [-0.3, -0.25) is 0 Å². The lowest BCUT2D eigenvalue weighted by Crippen LogP contribution is -2.36. The Morgan fingerprint density at radius 3 is 2.47 bits per heavy atom. The smallest absolute Gasteiger partial charge is 0.0446 e. The molecule has 1 unspecified atom stereocenters. The Morgan fingerprint density at radius 1 is 1.24 bits per heavy atom. The standard InChI is InChI=1S/C15H24N2/c1-16-15(13-8-4-3-5-9-13)12-17(2)14-10-6-7-11-14/h3-5,8-9,14-16H,6-7,10-12H2,1-2H3. The molecule has 17 heavy (non-hydrogen) atoms. The number of hydrogen-bond acceptors (Lipinski definition) is 2. The Bertz CT molecular complexity index is 317. The molecule has 2 heteroatoms. The van der Waals surface area contributed by atoms with Gasteiger partial charge < -0.3 is 10.2 Å². The van der Waals surface area contributed by atoms with Crippen LogP contribution in [0.1, 0.15) is 37.3 Å². The van der Waals surface area contributed by atoms with E-state index in [0.29, 0.717) is 6.04 Å². The van der Waals surface area contributed by atoms with Crippen molar-refractivity contribution in [3.05, 3.63) is 35.9 Å². The van der Waals surface area contributed by atoms with Gasteiger partial charge in [-0.05, 0) is 32.5 Å². The van der Waals surface area contributed by atoms with Gasteiger partial charge in [0.2, 0.25) is 0 Å². The van der Waals surface area contributed by atoms with Crippen molar-refractivity contribution in [3.63, 3.8) is 0 Å². The summed E-state index contributed by atoms with van der Waals surface area (Å²) in [6, 6.07) is 12.0. The van der Waals surface area contributed by atoms with Gasteiger partial charge >= 0.3 is 0 Å². The zero-order valence-electron chi connectivity index (χ0n) is 11.0. The minimum Gasteiger partial charge on any atom is -0.312 e. The first-order valence-corrected chi connectivity index (χ1v) is 6.73. The molecule has 0 spiro atoms. The Balaban J connectivity index is 1.95. The van der Waals surface area contributed by atoms with E-state index in [1.807, 2.05) is 0 Å². The van der Waals surface area contributed by atoms with Crippen molar-refractivity contribution < 1.29 is 0 Å². The fraction of sp³-hybridized carbons (Fsp3) is 0.600. The molecular weight excluding hydrogens is 208 g/mol. The first-order valence-electron chi connectivity index (χ1n) is 6.73. The minimum atomic E-state index is 0.446. The van der Waals surface area contributed by atoms with Crippen molar-refractivity contribution in [3.8, 4) is 0 Å². The van der Waals surface area contributed by atoms with Crippen LogP contribution in [0.25, 0.3) is 0 Å². The topological polar surface area (TPSA) is 15.3 Å². The van der Waals surface area contributed by atoms with Crippen LogP contribution < -0.4 is 5.32 Å². The molecule has 1 aromatic rings. The maximum absolute atomic E-state index is 3.43. The first-order chi connectivity index (χ1) is 8.31. The lowest BCUT2D eigenvalue weighted by Gasteiger charge is -2.29. The van der Waals surface area contributed by atoms with E-state index in [1.54, 1.807) is 0 Å². The summed E-state index contributed by atoms with van der Waals surface area (Å²) in [6.45, 7) is 1.10. The van der Waals surface area contributed by atoms with Crippen LogP contribution in [0.15, 0.2) is 30.3 Å². The highest BCUT2D eigenvalue weighted by atomic mass is 15.2. The SMILES string of the molecule is CNC(CN(C)C1CCCC1)c1ccccc1. The molecule has 1 aromatic carbocycles. The summed E-state index contributed by atoms with van der Waals surface area (Å²) in [5, 5.41) is 3.43.